The predicted octanol–water partition coefficient (Wildman–Crippen LogP) is 3.55. The maximum Gasteiger partial charge on any atom is 0.256 e. The van der Waals surface area contributed by atoms with E-state index >= 15 is 0 Å². The van der Waals surface area contributed by atoms with Gasteiger partial charge in [-0.15, -0.1) is 23.1 Å². The molecule has 2 unspecified atom stereocenters. The molecule has 1 N–H and O–H groups in total. The van der Waals surface area contributed by atoms with Crippen LogP contribution < -0.4 is 19.5 Å². The number of carbonyl (C=O) groups excluding carboxylic acids is 2. The van der Waals surface area contributed by atoms with E-state index in [2.05, 4.69) is 5.32 Å². The average molecular weight is 451 g/mol. The highest BCUT2D eigenvalue weighted by Crippen LogP contribution is 2.45. The first-order valence-electron chi connectivity index (χ1n) is 9.49. The van der Waals surface area contributed by atoms with Gasteiger partial charge in [0.15, 0.2) is 11.5 Å². The summed E-state index contributed by atoms with van der Waals surface area (Å²) in [5.41, 5.74) is 0.371. The van der Waals surface area contributed by atoms with Gasteiger partial charge >= 0.3 is 0 Å². The lowest BCUT2D eigenvalue weighted by Gasteiger charge is -2.29. The van der Waals surface area contributed by atoms with Crippen LogP contribution in [-0.4, -0.2) is 55.9 Å². The van der Waals surface area contributed by atoms with E-state index in [1.54, 1.807) is 40.1 Å². The van der Waals surface area contributed by atoms with Crippen LogP contribution in [0.4, 0.5) is 0 Å². The number of nitrogens with zero attached hydrogens (tertiary/aromatic N) is 1. The first-order valence-corrected chi connectivity index (χ1v) is 11.4. The summed E-state index contributed by atoms with van der Waals surface area (Å²) >= 11 is 3.16. The fourth-order valence-electron chi connectivity index (χ4n) is 3.34. The molecule has 0 saturated carbocycles. The maximum absolute atomic E-state index is 13.7. The summed E-state index contributed by atoms with van der Waals surface area (Å²) in [7, 11) is 4.52. The van der Waals surface area contributed by atoms with Crippen LogP contribution in [0.5, 0.6) is 17.2 Å². The number of thiophene rings is 1. The molecule has 30 heavy (non-hydrogen) atoms. The normalized spacial score (nSPS) is 18.4. The molecule has 0 aliphatic carbocycles. The highest BCUT2D eigenvalue weighted by molar-refractivity contribution is 7.99. The summed E-state index contributed by atoms with van der Waals surface area (Å²) in [5.74, 6) is 1.30. The Bertz CT molecular complexity index is 876. The molecule has 1 aliphatic heterocycles. The van der Waals surface area contributed by atoms with Gasteiger partial charge in [0.25, 0.3) is 5.91 Å². The molecule has 2 atom stereocenters. The monoisotopic (exact) mass is 450 g/mol. The number of benzene rings is 1. The van der Waals surface area contributed by atoms with Crippen LogP contribution in [-0.2, 0) is 4.79 Å². The molecule has 1 aromatic carbocycles. The van der Waals surface area contributed by atoms with Crippen molar-refractivity contribution in [1.82, 2.24) is 10.2 Å². The largest absolute Gasteiger partial charge is 0.493 e. The van der Waals surface area contributed by atoms with Gasteiger partial charge in [0.1, 0.15) is 11.4 Å². The van der Waals surface area contributed by atoms with Gasteiger partial charge in [-0.1, -0.05) is 6.07 Å². The fraction of sp³-hybridized carbons (Fsp3) is 0.429. The molecule has 0 bridgehead atoms. The quantitative estimate of drug-likeness (QED) is 0.695. The molecule has 1 saturated heterocycles. The Balaban J connectivity index is 2.03. The van der Waals surface area contributed by atoms with Crippen LogP contribution >= 0.6 is 23.1 Å². The van der Waals surface area contributed by atoms with E-state index in [1.165, 1.54) is 21.3 Å². The third-order valence-electron chi connectivity index (χ3n) is 4.67. The van der Waals surface area contributed by atoms with Crippen LogP contribution in [0.25, 0.3) is 0 Å². The first-order chi connectivity index (χ1) is 14.4. The molecule has 0 radical (unpaired) electrons. The third-order valence-corrected chi connectivity index (χ3v) is 7.05. The molecular formula is C21H26N2O5S2. The summed E-state index contributed by atoms with van der Waals surface area (Å²) in [4.78, 5) is 29.2. The molecule has 9 heteroatoms. The number of hydrogen-bond acceptors (Lipinski definition) is 7. The van der Waals surface area contributed by atoms with Crippen LogP contribution in [0, 0.1) is 0 Å². The molecule has 1 fully saturated rings. The highest BCUT2D eigenvalue weighted by atomic mass is 32.2. The Labute approximate surface area is 184 Å². The Hall–Kier alpha value is -2.39. The van der Waals surface area contributed by atoms with Crippen LogP contribution in [0.3, 0.4) is 0 Å². The lowest BCUT2D eigenvalue weighted by Crippen LogP contribution is -2.49. The zero-order valence-corrected chi connectivity index (χ0v) is 19.3. The van der Waals surface area contributed by atoms with Gasteiger partial charge in [-0.3, -0.25) is 9.59 Å². The standard InChI is InChI=1S/C21H26N2O5S2/c1-12(2)22-19(24)14-11-30-21(17-7-6-8-29-17)23(14)20(25)13-9-15(26-3)18(28-5)16(10-13)27-4/h6-10,12,14,21H,11H2,1-5H3,(H,22,24). The lowest BCUT2D eigenvalue weighted by atomic mass is 10.1. The zero-order chi connectivity index (χ0) is 21.8. The number of hydrogen-bond donors (Lipinski definition) is 1. The minimum Gasteiger partial charge on any atom is -0.493 e. The van der Waals surface area contributed by atoms with Crippen LogP contribution in [0.15, 0.2) is 29.6 Å². The summed E-state index contributed by atoms with van der Waals surface area (Å²) in [6.07, 6.45) is 0. The number of rotatable bonds is 7. The maximum atomic E-state index is 13.7. The number of ether oxygens (including phenoxy) is 3. The van der Waals surface area contributed by atoms with Crippen molar-refractivity contribution < 1.29 is 23.8 Å². The average Bonchev–Trinajstić information content (AvgIpc) is 3.40. The van der Waals surface area contributed by atoms with Gasteiger partial charge < -0.3 is 24.4 Å². The molecule has 2 heterocycles. The van der Waals surface area contributed by atoms with Crippen molar-refractivity contribution in [3.63, 3.8) is 0 Å². The summed E-state index contributed by atoms with van der Waals surface area (Å²) in [5, 5.41) is 4.67. The second kappa shape index (κ2) is 9.61. The number of methoxy groups -OCH3 is 3. The van der Waals surface area contributed by atoms with Gasteiger partial charge in [-0.05, 0) is 37.4 Å². The molecule has 3 rings (SSSR count). The van der Waals surface area contributed by atoms with Gasteiger partial charge in [-0.2, -0.15) is 0 Å². The summed E-state index contributed by atoms with van der Waals surface area (Å²) in [6, 6.07) is 6.59. The van der Waals surface area contributed by atoms with E-state index in [4.69, 9.17) is 14.2 Å². The lowest BCUT2D eigenvalue weighted by molar-refractivity contribution is -0.125. The first kappa shape index (κ1) is 22.3. The predicted molar refractivity (Wildman–Crippen MR) is 119 cm³/mol. The number of amides is 2. The Kier molecular flexibility index (Phi) is 7.14. The molecule has 7 nitrogen and oxygen atoms in total. The Morgan fingerprint density at radius 3 is 2.30 bits per heavy atom. The van der Waals surface area contributed by atoms with Crippen LogP contribution in [0.2, 0.25) is 0 Å². The smallest absolute Gasteiger partial charge is 0.256 e. The topological polar surface area (TPSA) is 77.1 Å². The van der Waals surface area contributed by atoms with Gasteiger partial charge in [0.2, 0.25) is 11.7 Å². The van der Waals surface area contributed by atoms with Gasteiger partial charge in [-0.25, -0.2) is 0 Å². The third kappa shape index (κ3) is 4.37. The summed E-state index contributed by atoms with van der Waals surface area (Å²) in [6.45, 7) is 3.81. The molecule has 0 spiro atoms. The highest BCUT2D eigenvalue weighted by Gasteiger charge is 2.43. The van der Waals surface area contributed by atoms with E-state index in [0.29, 0.717) is 28.6 Å². The van der Waals surface area contributed by atoms with Gasteiger partial charge in [0, 0.05) is 22.2 Å². The molecule has 1 aliphatic rings. The van der Waals surface area contributed by atoms with Crippen molar-refractivity contribution >= 4 is 34.9 Å². The molecule has 1 aromatic heterocycles. The van der Waals surface area contributed by atoms with Crippen LogP contribution in [0.1, 0.15) is 34.5 Å². The van der Waals surface area contributed by atoms with E-state index < -0.39 is 6.04 Å². The molecule has 2 aromatic rings. The van der Waals surface area contributed by atoms with Crippen molar-refractivity contribution in [2.75, 3.05) is 27.1 Å². The van der Waals surface area contributed by atoms with Crippen molar-refractivity contribution in [1.29, 1.82) is 0 Å². The van der Waals surface area contributed by atoms with E-state index in [9.17, 15) is 9.59 Å². The van der Waals surface area contributed by atoms with Crippen molar-refractivity contribution in [3.8, 4) is 17.2 Å². The zero-order valence-electron chi connectivity index (χ0n) is 17.6. The minimum absolute atomic E-state index is 0.0126. The molecule has 162 valence electrons. The Morgan fingerprint density at radius 2 is 1.80 bits per heavy atom. The van der Waals surface area contributed by atoms with E-state index in [0.717, 1.165) is 4.88 Å². The van der Waals surface area contributed by atoms with Crippen molar-refractivity contribution in [3.05, 3.63) is 40.1 Å². The Morgan fingerprint density at radius 1 is 1.13 bits per heavy atom. The second-order valence-corrected chi connectivity index (χ2v) is 9.10. The van der Waals surface area contributed by atoms with Gasteiger partial charge in [0.05, 0.1) is 21.3 Å². The second-order valence-electron chi connectivity index (χ2n) is 7.01. The fourth-order valence-corrected chi connectivity index (χ4v) is 5.74. The SMILES string of the molecule is COc1cc(C(=O)N2C(C(=O)NC(C)C)CSC2c2cccs2)cc(OC)c1OC. The summed E-state index contributed by atoms with van der Waals surface area (Å²) < 4.78 is 16.2. The van der Waals surface area contributed by atoms with E-state index in [-0.39, 0.29) is 23.2 Å². The number of nitrogens with one attached hydrogen (secondary N) is 1. The molecular weight excluding hydrogens is 424 g/mol. The van der Waals surface area contributed by atoms with E-state index in [1.807, 2.05) is 31.4 Å². The van der Waals surface area contributed by atoms with Crippen molar-refractivity contribution in [2.45, 2.75) is 31.3 Å². The number of carbonyl (C=O) groups is 2. The minimum atomic E-state index is -0.573. The number of thioether (sulfide) groups is 1. The van der Waals surface area contributed by atoms with Crippen molar-refractivity contribution in [2.24, 2.45) is 0 Å². The molecule has 2 amide bonds.